The van der Waals surface area contributed by atoms with Crippen LogP contribution in [0.1, 0.15) is 26.3 Å². The number of ether oxygens (including phenoxy) is 1. The predicted molar refractivity (Wildman–Crippen MR) is 82.0 cm³/mol. The minimum atomic E-state index is 0.169. The number of benzene rings is 2. The Morgan fingerprint density at radius 1 is 1.00 bits per heavy atom. The highest BCUT2D eigenvalue weighted by Gasteiger charge is 2.09. The summed E-state index contributed by atoms with van der Waals surface area (Å²) in [5, 5.41) is 6.01. The first-order chi connectivity index (χ1) is 9.01. The summed E-state index contributed by atoms with van der Waals surface area (Å²) in [6.07, 6.45) is 1.03. The monoisotopic (exact) mass is 257 g/mol. The van der Waals surface area contributed by atoms with Gasteiger partial charge in [-0.15, -0.1) is 0 Å². The molecule has 0 heterocycles. The van der Waals surface area contributed by atoms with Crippen LogP contribution in [0.3, 0.4) is 0 Å². The van der Waals surface area contributed by atoms with Crippen molar-refractivity contribution in [2.75, 3.05) is 13.7 Å². The van der Waals surface area contributed by atoms with Crippen LogP contribution in [0, 0.1) is 0 Å². The number of fused-ring (bicyclic) bond motifs is 1. The van der Waals surface area contributed by atoms with Gasteiger partial charge < -0.3 is 10.1 Å². The molecule has 2 aromatic rings. The maximum absolute atomic E-state index is 5.43. The van der Waals surface area contributed by atoms with Gasteiger partial charge in [0.05, 0.1) is 7.11 Å². The van der Waals surface area contributed by atoms with Crippen molar-refractivity contribution < 1.29 is 4.74 Å². The van der Waals surface area contributed by atoms with Crippen molar-refractivity contribution in [1.82, 2.24) is 5.32 Å². The Bertz CT molecular complexity index is 555. The van der Waals surface area contributed by atoms with E-state index in [0.29, 0.717) is 0 Å². The quantitative estimate of drug-likeness (QED) is 0.900. The molecule has 0 fully saturated rings. The number of hydrogen-bond donors (Lipinski definition) is 1. The summed E-state index contributed by atoms with van der Waals surface area (Å²) in [7, 11) is 1.72. The highest BCUT2D eigenvalue weighted by atomic mass is 16.5. The van der Waals surface area contributed by atoms with E-state index < -0.39 is 0 Å². The van der Waals surface area contributed by atoms with Crippen LogP contribution in [0.25, 0.3) is 10.8 Å². The molecule has 0 aliphatic rings. The lowest BCUT2D eigenvalue weighted by Crippen LogP contribution is -2.37. The Morgan fingerprint density at radius 2 is 1.68 bits per heavy atom. The largest absolute Gasteiger partial charge is 0.496 e. The fourth-order valence-electron chi connectivity index (χ4n) is 2.30. The molecule has 0 aliphatic heterocycles. The molecule has 2 heteroatoms. The van der Waals surface area contributed by atoms with Crippen LogP contribution in [-0.4, -0.2) is 19.2 Å². The Balaban J connectivity index is 2.24. The maximum Gasteiger partial charge on any atom is 0.126 e. The van der Waals surface area contributed by atoms with Gasteiger partial charge in [0.2, 0.25) is 0 Å². The minimum Gasteiger partial charge on any atom is -0.496 e. The molecule has 0 aliphatic carbocycles. The topological polar surface area (TPSA) is 21.3 Å². The van der Waals surface area contributed by atoms with Gasteiger partial charge in [-0.3, -0.25) is 0 Å². The smallest absolute Gasteiger partial charge is 0.126 e. The van der Waals surface area contributed by atoms with Crippen molar-refractivity contribution in [2.45, 2.75) is 32.7 Å². The van der Waals surface area contributed by atoms with Gasteiger partial charge in [0.15, 0.2) is 0 Å². The van der Waals surface area contributed by atoms with Gasteiger partial charge >= 0.3 is 0 Å². The molecule has 0 spiro atoms. The molecule has 0 atom stereocenters. The first-order valence-electron chi connectivity index (χ1n) is 6.81. The average Bonchev–Trinajstić information content (AvgIpc) is 2.37. The van der Waals surface area contributed by atoms with Crippen LogP contribution in [0.15, 0.2) is 36.4 Å². The Kier molecular flexibility index (Phi) is 4.11. The van der Waals surface area contributed by atoms with Gasteiger partial charge in [-0.2, -0.15) is 0 Å². The molecular formula is C17H23NO. The summed E-state index contributed by atoms with van der Waals surface area (Å²) in [6.45, 7) is 7.57. The van der Waals surface area contributed by atoms with Crippen LogP contribution in [-0.2, 0) is 6.42 Å². The van der Waals surface area contributed by atoms with E-state index in [2.05, 4.69) is 62.5 Å². The molecule has 2 rings (SSSR count). The standard InChI is InChI=1S/C17H23NO/c1-17(2,3)18-12-11-13-9-10-16(19-4)15-8-6-5-7-14(13)15/h5-10,18H,11-12H2,1-4H3. The highest BCUT2D eigenvalue weighted by molar-refractivity contribution is 5.91. The highest BCUT2D eigenvalue weighted by Crippen LogP contribution is 2.28. The lowest BCUT2D eigenvalue weighted by atomic mass is 10.0. The first-order valence-corrected chi connectivity index (χ1v) is 6.81. The number of hydrogen-bond acceptors (Lipinski definition) is 2. The molecule has 19 heavy (non-hydrogen) atoms. The summed E-state index contributed by atoms with van der Waals surface area (Å²) >= 11 is 0. The van der Waals surface area contributed by atoms with Gasteiger partial charge in [-0.25, -0.2) is 0 Å². The third-order valence-electron chi connectivity index (χ3n) is 3.24. The van der Waals surface area contributed by atoms with Crippen molar-refractivity contribution in [3.8, 4) is 5.75 Å². The summed E-state index contributed by atoms with van der Waals surface area (Å²) in [5.74, 6) is 0.947. The van der Waals surface area contributed by atoms with Gasteiger partial charge in [0, 0.05) is 10.9 Å². The second kappa shape index (κ2) is 5.62. The average molecular weight is 257 g/mol. The van der Waals surface area contributed by atoms with Crippen LogP contribution in [0.5, 0.6) is 5.75 Å². The zero-order valence-electron chi connectivity index (χ0n) is 12.3. The van der Waals surface area contributed by atoms with Crippen LogP contribution < -0.4 is 10.1 Å². The van der Waals surface area contributed by atoms with Crippen molar-refractivity contribution >= 4 is 10.8 Å². The third-order valence-corrected chi connectivity index (χ3v) is 3.24. The fraction of sp³-hybridized carbons (Fsp3) is 0.412. The van der Waals surface area contributed by atoms with Gasteiger partial charge in [0.25, 0.3) is 0 Å². The van der Waals surface area contributed by atoms with Crippen molar-refractivity contribution in [1.29, 1.82) is 0 Å². The maximum atomic E-state index is 5.43. The molecule has 0 unspecified atom stereocenters. The molecular weight excluding hydrogens is 234 g/mol. The van der Waals surface area contributed by atoms with E-state index in [1.807, 2.05) is 0 Å². The van der Waals surface area contributed by atoms with Crippen LogP contribution in [0.2, 0.25) is 0 Å². The zero-order chi connectivity index (χ0) is 13.9. The van der Waals surface area contributed by atoms with E-state index in [4.69, 9.17) is 4.74 Å². The summed E-state index contributed by atoms with van der Waals surface area (Å²) < 4.78 is 5.43. The minimum absolute atomic E-state index is 0.169. The third kappa shape index (κ3) is 3.48. The van der Waals surface area contributed by atoms with E-state index >= 15 is 0 Å². The Morgan fingerprint density at radius 3 is 2.32 bits per heavy atom. The van der Waals surface area contributed by atoms with Gasteiger partial charge in [-0.1, -0.05) is 30.3 Å². The number of nitrogens with one attached hydrogen (secondary N) is 1. The zero-order valence-corrected chi connectivity index (χ0v) is 12.3. The van der Waals surface area contributed by atoms with E-state index in [1.54, 1.807) is 7.11 Å². The van der Waals surface area contributed by atoms with Crippen LogP contribution in [0.4, 0.5) is 0 Å². The molecule has 0 bridgehead atoms. The molecule has 2 nitrogen and oxygen atoms in total. The molecule has 2 aromatic carbocycles. The second-order valence-electron chi connectivity index (χ2n) is 5.90. The van der Waals surface area contributed by atoms with Crippen LogP contribution >= 0.6 is 0 Å². The molecule has 0 aromatic heterocycles. The second-order valence-corrected chi connectivity index (χ2v) is 5.90. The first kappa shape index (κ1) is 13.9. The normalized spacial score (nSPS) is 11.8. The summed E-state index contributed by atoms with van der Waals surface area (Å²) in [6, 6.07) is 12.7. The predicted octanol–water partition coefficient (Wildman–Crippen LogP) is 3.78. The van der Waals surface area contributed by atoms with Gasteiger partial charge in [-0.05, 0) is 50.8 Å². The molecule has 102 valence electrons. The van der Waals surface area contributed by atoms with E-state index in [0.717, 1.165) is 18.7 Å². The lowest BCUT2D eigenvalue weighted by molar-refractivity contribution is 0.419. The van der Waals surface area contributed by atoms with Crippen molar-refractivity contribution in [3.63, 3.8) is 0 Å². The summed E-state index contributed by atoms with van der Waals surface area (Å²) in [4.78, 5) is 0. The Hall–Kier alpha value is -1.54. The number of rotatable bonds is 4. The summed E-state index contributed by atoms with van der Waals surface area (Å²) in [5.41, 5.74) is 1.54. The number of methoxy groups -OCH3 is 1. The van der Waals surface area contributed by atoms with E-state index in [9.17, 15) is 0 Å². The molecule has 1 N–H and O–H groups in total. The SMILES string of the molecule is COc1ccc(CCNC(C)(C)C)c2ccccc12. The Labute approximate surface area is 115 Å². The lowest BCUT2D eigenvalue weighted by Gasteiger charge is -2.20. The fourth-order valence-corrected chi connectivity index (χ4v) is 2.30. The van der Waals surface area contributed by atoms with Gasteiger partial charge in [0.1, 0.15) is 5.75 Å². The molecule has 0 radical (unpaired) electrons. The van der Waals surface area contributed by atoms with E-state index in [-0.39, 0.29) is 5.54 Å². The molecule has 0 amide bonds. The van der Waals surface area contributed by atoms with Crippen molar-refractivity contribution in [3.05, 3.63) is 42.0 Å². The van der Waals surface area contributed by atoms with E-state index in [1.165, 1.54) is 16.3 Å². The molecule has 0 saturated heterocycles. The molecule has 0 saturated carbocycles. The van der Waals surface area contributed by atoms with Crippen molar-refractivity contribution in [2.24, 2.45) is 0 Å².